The standard InChI is InChI=1S/C22H20F4N2O.H2S/c1-14-17(11-16-9-6-10-18(23)19(16)27-14)20(29)28-21(2,13-22(24,25)26)12-15-7-4-3-5-8-15;/h3-11H,12-13H2,1-2H3,(H,28,29);1H2/t21-;/m0./s1. The molecule has 0 fully saturated rings. The zero-order chi connectivity index (χ0) is 21.2. The Bertz CT molecular complexity index is 1040. The van der Waals surface area contributed by atoms with E-state index in [1.807, 2.05) is 0 Å². The number of benzene rings is 2. The predicted octanol–water partition coefficient (Wildman–Crippen LogP) is 5.48. The zero-order valence-electron chi connectivity index (χ0n) is 16.5. The molecule has 2 aromatic carbocycles. The molecule has 0 aliphatic rings. The lowest BCUT2D eigenvalue weighted by molar-refractivity contribution is -0.147. The van der Waals surface area contributed by atoms with Crippen LogP contribution in [0.3, 0.4) is 0 Å². The third-order valence-corrected chi connectivity index (χ3v) is 4.67. The molecule has 3 aromatic rings. The highest BCUT2D eigenvalue weighted by atomic mass is 32.1. The van der Waals surface area contributed by atoms with E-state index in [4.69, 9.17) is 0 Å². The molecule has 0 bridgehead atoms. The van der Waals surface area contributed by atoms with Gasteiger partial charge in [0.1, 0.15) is 11.3 Å². The number of carbonyl (C=O) groups is 1. The topological polar surface area (TPSA) is 42.0 Å². The minimum absolute atomic E-state index is 0. The molecule has 160 valence electrons. The molecule has 1 atom stereocenters. The minimum atomic E-state index is -4.46. The highest BCUT2D eigenvalue weighted by Crippen LogP contribution is 2.30. The fraction of sp³-hybridized carbons (Fsp3) is 0.273. The van der Waals surface area contributed by atoms with Crippen molar-refractivity contribution in [1.82, 2.24) is 10.3 Å². The van der Waals surface area contributed by atoms with Gasteiger partial charge >= 0.3 is 6.18 Å². The van der Waals surface area contributed by atoms with Gasteiger partial charge in [-0.15, -0.1) is 0 Å². The van der Waals surface area contributed by atoms with Gasteiger partial charge in [-0.2, -0.15) is 26.7 Å². The van der Waals surface area contributed by atoms with Crippen molar-refractivity contribution in [2.45, 2.75) is 38.4 Å². The van der Waals surface area contributed by atoms with E-state index in [0.717, 1.165) is 0 Å². The van der Waals surface area contributed by atoms with Crippen molar-refractivity contribution in [2.75, 3.05) is 0 Å². The van der Waals surface area contributed by atoms with E-state index in [2.05, 4.69) is 10.3 Å². The maximum Gasteiger partial charge on any atom is 0.391 e. The summed E-state index contributed by atoms with van der Waals surface area (Å²) in [6.45, 7) is 2.90. The summed E-state index contributed by atoms with van der Waals surface area (Å²) in [4.78, 5) is 17.0. The summed E-state index contributed by atoms with van der Waals surface area (Å²) in [7, 11) is 0. The normalized spacial score (nSPS) is 13.4. The molecular formula is C22H22F4N2OS. The highest BCUT2D eigenvalue weighted by Gasteiger charge is 2.40. The molecule has 0 aliphatic heterocycles. The van der Waals surface area contributed by atoms with E-state index >= 15 is 0 Å². The number of fused-ring (bicyclic) bond motifs is 1. The molecule has 0 aliphatic carbocycles. The van der Waals surface area contributed by atoms with Crippen LogP contribution in [0.1, 0.15) is 35.0 Å². The Hall–Kier alpha value is -2.61. The number of nitrogens with zero attached hydrogens (tertiary/aromatic N) is 1. The Morgan fingerprint density at radius 3 is 2.37 bits per heavy atom. The summed E-state index contributed by atoms with van der Waals surface area (Å²) in [5, 5.41) is 2.95. The first kappa shape index (κ1) is 23.7. The second kappa shape index (κ2) is 9.04. The number of nitrogens with one attached hydrogen (secondary N) is 1. The molecule has 3 rings (SSSR count). The first-order valence-electron chi connectivity index (χ1n) is 9.05. The second-order valence-electron chi connectivity index (χ2n) is 7.40. The van der Waals surface area contributed by atoms with Gasteiger partial charge in [-0.3, -0.25) is 4.79 Å². The van der Waals surface area contributed by atoms with E-state index in [0.29, 0.717) is 10.9 Å². The van der Waals surface area contributed by atoms with E-state index in [1.165, 1.54) is 32.0 Å². The lowest BCUT2D eigenvalue weighted by atomic mass is 9.88. The molecule has 8 heteroatoms. The minimum Gasteiger partial charge on any atom is -0.346 e. The molecule has 1 N–H and O–H groups in total. The number of halogens is 4. The molecule has 0 saturated heterocycles. The molecule has 0 radical (unpaired) electrons. The number of hydrogen-bond acceptors (Lipinski definition) is 2. The van der Waals surface area contributed by atoms with Crippen molar-refractivity contribution < 1.29 is 22.4 Å². The van der Waals surface area contributed by atoms with Crippen LogP contribution >= 0.6 is 13.5 Å². The summed E-state index contributed by atoms with van der Waals surface area (Å²) in [5.41, 5.74) is -0.405. The molecule has 3 nitrogen and oxygen atoms in total. The van der Waals surface area contributed by atoms with Gasteiger partial charge in [-0.1, -0.05) is 42.5 Å². The van der Waals surface area contributed by atoms with Crippen LogP contribution in [-0.2, 0) is 6.42 Å². The predicted molar refractivity (Wildman–Crippen MR) is 114 cm³/mol. The zero-order valence-corrected chi connectivity index (χ0v) is 17.5. The lowest BCUT2D eigenvalue weighted by Crippen LogP contribution is -2.50. The number of alkyl halides is 3. The maximum atomic E-state index is 13.9. The molecule has 1 aromatic heterocycles. The van der Waals surface area contributed by atoms with Crippen LogP contribution in [0.25, 0.3) is 10.9 Å². The van der Waals surface area contributed by atoms with E-state index in [1.54, 1.807) is 36.4 Å². The lowest BCUT2D eigenvalue weighted by Gasteiger charge is -2.32. The van der Waals surface area contributed by atoms with Crippen LogP contribution in [0, 0.1) is 12.7 Å². The monoisotopic (exact) mass is 438 g/mol. The van der Waals surface area contributed by atoms with Gasteiger partial charge in [0.05, 0.1) is 23.2 Å². The number of para-hydroxylation sites is 1. The quantitative estimate of drug-likeness (QED) is 0.536. The first-order valence-corrected chi connectivity index (χ1v) is 9.05. The Balaban J connectivity index is 0.00000320. The van der Waals surface area contributed by atoms with Gasteiger partial charge in [0.2, 0.25) is 0 Å². The number of aryl methyl sites for hydroxylation is 1. The van der Waals surface area contributed by atoms with Crippen LogP contribution in [-0.4, -0.2) is 22.6 Å². The van der Waals surface area contributed by atoms with Gasteiger partial charge < -0.3 is 5.32 Å². The van der Waals surface area contributed by atoms with Crippen molar-refractivity contribution in [3.63, 3.8) is 0 Å². The van der Waals surface area contributed by atoms with E-state index in [9.17, 15) is 22.4 Å². The van der Waals surface area contributed by atoms with Crippen molar-refractivity contribution in [1.29, 1.82) is 0 Å². The average Bonchev–Trinajstić information content (AvgIpc) is 2.61. The van der Waals surface area contributed by atoms with Crippen molar-refractivity contribution in [3.05, 3.63) is 77.2 Å². The average molecular weight is 438 g/mol. The number of hydrogen-bond donors (Lipinski definition) is 1. The summed E-state index contributed by atoms with van der Waals surface area (Å²) in [6, 6.07) is 14.5. The number of pyridine rings is 1. The summed E-state index contributed by atoms with van der Waals surface area (Å²) in [5.74, 6) is -1.20. The number of carbonyl (C=O) groups excluding carboxylic acids is 1. The SMILES string of the molecule is Cc1nc2c(F)cccc2cc1C(=O)N[C@@](C)(Cc1ccccc1)CC(F)(F)F.S. The summed E-state index contributed by atoms with van der Waals surface area (Å²) < 4.78 is 53.6. The second-order valence-corrected chi connectivity index (χ2v) is 7.40. The van der Waals surface area contributed by atoms with E-state index in [-0.39, 0.29) is 36.7 Å². The van der Waals surface area contributed by atoms with Crippen molar-refractivity contribution in [2.24, 2.45) is 0 Å². The summed E-state index contributed by atoms with van der Waals surface area (Å²) in [6.07, 6.45) is -5.64. The van der Waals surface area contributed by atoms with Crippen LogP contribution in [0.2, 0.25) is 0 Å². The molecule has 1 heterocycles. The molecule has 0 unspecified atom stereocenters. The van der Waals surface area contributed by atoms with Gasteiger partial charge in [-0.05, 0) is 38.0 Å². The van der Waals surface area contributed by atoms with Crippen molar-refractivity contribution >= 4 is 30.3 Å². The van der Waals surface area contributed by atoms with Gasteiger partial charge in [0.25, 0.3) is 5.91 Å². The third kappa shape index (κ3) is 5.72. The van der Waals surface area contributed by atoms with Crippen LogP contribution < -0.4 is 5.32 Å². The fourth-order valence-electron chi connectivity index (χ4n) is 3.47. The molecular weight excluding hydrogens is 416 g/mol. The number of amides is 1. The summed E-state index contributed by atoms with van der Waals surface area (Å²) >= 11 is 0. The first-order chi connectivity index (χ1) is 13.6. The number of aromatic nitrogens is 1. The van der Waals surface area contributed by atoms with Crippen LogP contribution in [0.15, 0.2) is 54.6 Å². The number of rotatable bonds is 5. The van der Waals surface area contributed by atoms with Crippen molar-refractivity contribution in [3.8, 4) is 0 Å². The maximum absolute atomic E-state index is 13.9. The van der Waals surface area contributed by atoms with Gasteiger partial charge in [-0.25, -0.2) is 9.37 Å². The van der Waals surface area contributed by atoms with Crippen LogP contribution in [0.4, 0.5) is 17.6 Å². The molecule has 1 amide bonds. The largest absolute Gasteiger partial charge is 0.391 e. The van der Waals surface area contributed by atoms with Gasteiger partial charge in [0.15, 0.2) is 0 Å². The van der Waals surface area contributed by atoms with Crippen LogP contribution in [0.5, 0.6) is 0 Å². The molecule has 0 spiro atoms. The third-order valence-electron chi connectivity index (χ3n) is 4.67. The Kier molecular flexibility index (Phi) is 7.13. The Morgan fingerprint density at radius 2 is 1.73 bits per heavy atom. The van der Waals surface area contributed by atoms with Gasteiger partial charge in [0, 0.05) is 5.39 Å². The smallest absolute Gasteiger partial charge is 0.346 e. The molecule has 30 heavy (non-hydrogen) atoms. The fourth-order valence-corrected chi connectivity index (χ4v) is 3.47. The highest BCUT2D eigenvalue weighted by molar-refractivity contribution is 7.59. The van der Waals surface area contributed by atoms with E-state index < -0.39 is 29.9 Å². The Morgan fingerprint density at radius 1 is 1.07 bits per heavy atom. The Labute approximate surface area is 179 Å². The molecule has 0 saturated carbocycles.